The van der Waals surface area contributed by atoms with Gasteiger partial charge in [-0.15, -0.1) is 0 Å². The van der Waals surface area contributed by atoms with Crippen LogP contribution >= 0.6 is 34.5 Å². The summed E-state index contributed by atoms with van der Waals surface area (Å²) in [7, 11) is 0. The van der Waals surface area contributed by atoms with Crippen molar-refractivity contribution in [3.8, 4) is 0 Å². The largest absolute Gasteiger partial charge is 0.463 e. The standard InChI is InChI=1S/C35H31Cl2N3O3S/c1-5-43-34(42)31-21(4)38-35-40(32(31)24-13-11-23(12-14-24)20(2)3)33(41)30(44-35)17-25-19-39(29-9-7-6-8-26(25)29)18-22-10-15-27(36)28(37)16-22/h6-17,19-20,32H,5,18H2,1-4H3/b30-17-. The van der Waals surface area contributed by atoms with Crippen LogP contribution in [0.2, 0.25) is 10.0 Å². The monoisotopic (exact) mass is 643 g/mol. The molecule has 0 aliphatic carbocycles. The molecular weight excluding hydrogens is 613 g/mol. The molecule has 1 unspecified atom stereocenters. The average molecular weight is 645 g/mol. The molecule has 0 fully saturated rings. The van der Waals surface area contributed by atoms with Crippen LogP contribution in [0.4, 0.5) is 0 Å². The Hall–Kier alpha value is -3.91. The summed E-state index contributed by atoms with van der Waals surface area (Å²) >= 11 is 13.7. The van der Waals surface area contributed by atoms with E-state index in [-0.39, 0.29) is 12.2 Å². The van der Waals surface area contributed by atoms with Gasteiger partial charge in [0.05, 0.1) is 38.5 Å². The number of benzene rings is 3. The Labute approximate surface area is 269 Å². The number of allylic oxidation sites excluding steroid dienone is 1. The molecule has 1 aliphatic rings. The van der Waals surface area contributed by atoms with Crippen molar-refractivity contribution in [3.63, 3.8) is 0 Å². The van der Waals surface area contributed by atoms with E-state index in [1.54, 1.807) is 24.5 Å². The minimum atomic E-state index is -0.648. The van der Waals surface area contributed by atoms with Crippen molar-refractivity contribution in [2.75, 3.05) is 6.61 Å². The molecule has 5 aromatic rings. The fourth-order valence-corrected chi connectivity index (χ4v) is 7.03. The van der Waals surface area contributed by atoms with E-state index in [4.69, 9.17) is 32.9 Å². The van der Waals surface area contributed by atoms with Gasteiger partial charge in [0, 0.05) is 29.2 Å². The number of halogens is 2. The van der Waals surface area contributed by atoms with Crippen molar-refractivity contribution >= 4 is 57.5 Å². The maximum Gasteiger partial charge on any atom is 0.338 e. The number of fused-ring (bicyclic) bond motifs is 2. The SMILES string of the molecule is CCOC(=O)C1=C(C)N=c2s/c(=C\c3cn(Cc4ccc(Cl)c(Cl)c4)c4ccccc34)c(=O)n2C1c1ccc(C(C)C)cc1. The first-order valence-electron chi connectivity index (χ1n) is 14.5. The van der Waals surface area contributed by atoms with Gasteiger partial charge in [-0.25, -0.2) is 9.79 Å². The number of carbonyl (C=O) groups is 1. The lowest BCUT2D eigenvalue weighted by molar-refractivity contribution is -0.139. The highest BCUT2D eigenvalue weighted by Gasteiger charge is 2.33. The van der Waals surface area contributed by atoms with Crippen LogP contribution < -0.4 is 14.9 Å². The molecule has 2 aromatic heterocycles. The van der Waals surface area contributed by atoms with E-state index >= 15 is 0 Å². The van der Waals surface area contributed by atoms with Crippen molar-refractivity contribution in [1.82, 2.24) is 9.13 Å². The minimum Gasteiger partial charge on any atom is -0.463 e. The Morgan fingerprint density at radius 1 is 1.07 bits per heavy atom. The zero-order valence-electron chi connectivity index (χ0n) is 24.8. The molecule has 0 saturated carbocycles. The lowest BCUT2D eigenvalue weighted by atomic mass is 9.93. The maximum absolute atomic E-state index is 14.2. The second-order valence-electron chi connectivity index (χ2n) is 11.1. The topological polar surface area (TPSA) is 65.6 Å². The number of hydrogen-bond acceptors (Lipinski definition) is 5. The van der Waals surface area contributed by atoms with Crippen LogP contribution in [-0.2, 0) is 16.1 Å². The highest BCUT2D eigenvalue weighted by Crippen LogP contribution is 2.32. The number of para-hydroxylation sites is 1. The second kappa shape index (κ2) is 12.2. The summed E-state index contributed by atoms with van der Waals surface area (Å²) in [6.45, 7) is 8.65. The maximum atomic E-state index is 14.2. The Morgan fingerprint density at radius 2 is 1.82 bits per heavy atom. The van der Waals surface area contributed by atoms with Crippen LogP contribution in [0.5, 0.6) is 0 Å². The minimum absolute atomic E-state index is 0.206. The fraction of sp³-hybridized carbons (Fsp3) is 0.229. The van der Waals surface area contributed by atoms with E-state index in [2.05, 4.69) is 36.6 Å². The molecule has 3 heterocycles. The molecule has 0 amide bonds. The molecule has 3 aromatic carbocycles. The number of esters is 1. The molecule has 1 atom stereocenters. The first-order chi connectivity index (χ1) is 21.2. The zero-order valence-corrected chi connectivity index (χ0v) is 27.1. The highest BCUT2D eigenvalue weighted by molar-refractivity contribution is 7.07. The van der Waals surface area contributed by atoms with Crippen LogP contribution in [0.1, 0.15) is 61.9 Å². The molecule has 1 aliphatic heterocycles. The van der Waals surface area contributed by atoms with Gasteiger partial charge in [0.1, 0.15) is 0 Å². The van der Waals surface area contributed by atoms with Gasteiger partial charge in [0.2, 0.25) is 0 Å². The lowest BCUT2D eigenvalue weighted by Gasteiger charge is -2.25. The molecule has 0 radical (unpaired) electrons. The number of hydrogen-bond donors (Lipinski definition) is 0. The highest BCUT2D eigenvalue weighted by atomic mass is 35.5. The summed E-state index contributed by atoms with van der Waals surface area (Å²) < 4.78 is 9.74. The third-order valence-electron chi connectivity index (χ3n) is 7.88. The number of thiazole rings is 1. The zero-order chi connectivity index (χ0) is 31.1. The number of nitrogens with zero attached hydrogens (tertiary/aromatic N) is 3. The van der Waals surface area contributed by atoms with Gasteiger partial charge in [-0.1, -0.05) is 96.9 Å². The molecule has 0 saturated heterocycles. The molecule has 0 spiro atoms. The number of aromatic nitrogens is 2. The first-order valence-corrected chi connectivity index (χ1v) is 16.0. The van der Waals surface area contributed by atoms with E-state index < -0.39 is 12.0 Å². The summed E-state index contributed by atoms with van der Waals surface area (Å²) in [5, 5.41) is 2.04. The van der Waals surface area contributed by atoms with Crippen LogP contribution in [0.3, 0.4) is 0 Å². The van der Waals surface area contributed by atoms with Gasteiger partial charge in [-0.3, -0.25) is 9.36 Å². The first kappa shape index (κ1) is 30.1. The van der Waals surface area contributed by atoms with E-state index in [0.29, 0.717) is 43.1 Å². The lowest BCUT2D eigenvalue weighted by Crippen LogP contribution is -2.39. The molecule has 6 rings (SSSR count). The Kier molecular flexibility index (Phi) is 8.38. The van der Waals surface area contributed by atoms with Gasteiger partial charge >= 0.3 is 5.97 Å². The second-order valence-corrected chi connectivity index (χ2v) is 12.9. The van der Waals surface area contributed by atoms with Gasteiger partial charge < -0.3 is 9.30 Å². The van der Waals surface area contributed by atoms with Crippen LogP contribution in [0, 0.1) is 0 Å². The average Bonchev–Trinajstić information content (AvgIpc) is 3.50. The molecule has 9 heteroatoms. The van der Waals surface area contributed by atoms with Crippen molar-refractivity contribution in [3.05, 3.63) is 136 Å². The van der Waals surface area contributed by atoms with Crippen molar-refractivity contribution in [2.24, 2.45) is 4.99 Å². The smallest absolute Gasteiger partial charge is 0.338 e. The fourth-order valence-electron chi connectivity index (χ4n) is 5.67. The van der Waals surface area contributed by atoms with Gasteiger partial charge in [-0.05, 0) is 60.7 Å². The molecule has 6 nitrogen and oxygen atoms in total. The summed E-state index contributed by atoms with van der Waals surface area (Å²) in [6, 6.07) is 21.1. The van der Waals surface area contributed by atoms with Crippen molar-refractivity contribution in [1.29, 1.82) is 0 Å². The third-order valence-corrected chi connectivity index (χ3v) is 9.60. The van der Waals surface area contributed by atoms with Crippen LogP contribution in [0.15, 0.2) is 94.0 Å². The predicted octanol–water partition coefficient (Wildman–Crippen LogP) is 7.23. The summed E-state index contributed by atoms with van der Waals surface area (Å²) in [4.78, 5) is 32.7. The molecule has 44 heavy (non-hydrogen) atoms. The van der Waals surface area contributed by atoms with E-state index in [1.165, 1.54) is 16.9 Å². The Bertz CT molecular complexity index is 2120. The normalized spacial score (nSPS) is 15.2. The van der Waals surface area contributed by atoms with Crippen LogP contribution in [0.25, 0.3) is 17.0 Å². The van der Waals surface area contributed by atoms with Gasteiger partial charge in [0.25, 0.3) is 5.56 Å². The van der Waals surface area contributed by atoms with Gasteiger partial charge in [0.15, 0.2) is 4.80 Å². The number of carbonyl (C=O) groups excluding carboxylic acids is 1. The summed E-state index contributed by atoms with van der Waals surface area (Å²) in [6.07, 6.45) is 3.96. The molecular formula is C35H31Cl2N3O3S. The Morgan fingerprint density at radius 3 is 2.52 bits per heavy atom. The van der Waals surface area contributed by atoms with E-state index in [1.807, 2.05) is 54.7 Å². The predicted molar refractivity (Wildman–Crippen MR) is 178 cm³/mol. The Balaban J connectivity index is 1.50. The molecule has 0 bridgehead atoms. The van der Waals surface area contributed by atoms with Crippen molar-refractivity contribution < 1.29 is 9.53 Å². The molecule has 224 valence electrons. The summed E-state index contributed by atoms with van der Waals surface area (Å²) in [5.41, 5.74) is 5.67. The quantitative estimate of drug-likeness (QED) is 0.176. The van der Waals surface area contributed by atoms with Crippen LogP contribution in [-0.4, -0.2) is 21.7 Å². The summed E-state index contributed by atoms with van der Waals surface area (Å²) in [5.74, 6) is -0.113. The van der Waals surface area contributed by atoms with Gasteiger partial charge in [-0.2, -0.15) is 0 Å². The van der Waals surface area contributed by atoms with Crippen molar-refractivity contribution in [2.45, 2.75) is 46.2 Å². The third kappa shape index (κ3) is 5.56. The number of ether oxygens (including phenoxy) is 1. The molecule has 0 N–H and O–H groups in total. The van der Waals surface area contributed by atoms with E-state index in [9.17, 15) is 9.59 Å². The number of rotatable bonds is 7. The van der Waals surface area contributed by atoms with E-state index in [0.717, 1.165) is 27.6 Å².